The minimum atomic E-state index is 0.176. The van der Waals surface area contributed by atoms with Crippen molar-refractivity contribution in [3.8, 4) is 11.4 Å². The molecular formula is C12H11Br2N3S. The third-order valence-electron chi connectivity index (χ3n) is 2.93. The van der Waals surface area contributed by atoms with Crippen LogP contribution in [0.5, 0.6) is 0 Å². The Morgan fingerprint density at radius 1 is 1.33 bits per heavy atom. The van der Waals surface area contributed by atoms with Gasteiger partial charge in [-0.05, 0) is 19.1 Å². The summed E-state index contributed by atoms with van der Waals surface area (Å²) in [4.78, 5) is 0. The molecule has 3 rings (SSSR count). The lowest BCUT2D eigenvalue weighted by molar-refractivity contribution is 0.582. The van der Waals surface area contributed by atoms with Gasteiger partial charge in [0.05, 0.1) is 0 Å². The number of aromatic nitrogens is 3. The van der Waals surface area contributed by atoms with Crippen LogP contribution >= 0.6 is 43.6 Å². The molecule has 94 valence electrons. The Morgan fingerprint density at radius 2 is 2.06 bits per heavy atom. The summed E-state index contributed by atoms with van der Waals surface area (Å²) in [5, 5.41) is 10.5. The first-order chi connectivity index (χ1) is 8.61. The third kappa shape index (κ3) is 2.14. The van der Waals surface area contributed by atoms with Gasteiger partial charge in [-0.15, -0.1) is 10.2 Å². The largest absolute Gasteiger partial charge is 0.301 e. The average Bonchev–Trinajstić information content (AvgIpc) is 2.87. The van der Waals surface area contributed by atoms with Crippen molar-refractivity contribution in [3.63, 3.8) is 0 Å². The predicted octanol–water partition coefficient (Wildman–Crippen LogP) is 3.97. The standard InChI is InChI=1S/C12H11Br2N3S/c1-12(6-13)7-17-10(15-16-11(17)18-12)8-2-4-9(14)5-3-8/h2-5H,6-7H2,1H3. The van der Waals surface area contributed by atoms with Gasteiger partial charge in [0.15, 0.2) is 11.0 Å². The molecule has 1 aromatic heterocycles. The van der Waals surface area contributed by atoms with Gasteiger partial charge in [0.2, 0.25) is 0 Å². The van der Waals surface area contributed by atoms with Crippen LogP contribution in [0.15, 0.2) is 33.9 Å². The van der Waals surface area contributed by atoms with Crippen molar-refractivity contribution in [1.29, 1.82) is 0 Å². The molecule has 0 aliphatic carbocycles. The van der Waals surface area contributed by atoms with Crippen LogP contribution in [-0.2, 0) is 6.54 Å². The Morgan fingerprint density at radius 3 is 2.72 bits per heavy atom. The highest BCUT2D eigenvalue weighted by atomic mass is 79.9. The Bertz CT molecular complexity index is 582. The Balaban J connectivity index is 2.00. The summed E-state index contributed by atoms with van der Waals surface area (Å²) >= 11 is 8.82. The van der Waals surface area contributed by atoms with Crippen LogP contribution in [0.3, 0.4) is 0 Å². The summed E-state index contributed by atoms with van der Waals surface area (Å²) in [5.74, 6) is 0.953. The first kappa shape index (κ1) is 12.7. The number of fused-ring (bicyclic) bond motifs is 1. The lowest BCUT2D eigenvalue weighted by atomic mass is 10.2. The molecule has 3 nitrogen and oxygen atoms in total. The molecule has 0 saturated carbocycles. The molecule has 1 atom stereocenters. The van der Waals surface area contributed by atoms with Crippen LogP contribution in [0, 0.1) is 0 Å². The van der Waals surface area contributed by atoms with E-state index in [9.17, 15) is 0 Å². The van der Waals surface area contributed by atoms with Crippen molar-refractivity contribution in [3.05, 3.63) is 28.7 Å². The number of hydrogen-bond donors (Lipinski definition) is 0. The van der Waals surface area contributed by atoms with E-state index in [1.165, 1.54) is 0 Å². The van der Waals surface area contributed by atoms with Gasteiger partial charge in [0.1, 0.15) is 0 Å². The van der Waals surface area contributed by atoms with Gasteiger partial charge in [0.25, 0.3) is 0 Å². The second-order valence-electron chi connectivity index (χ2n) is 4.58. The SMILES string of the molecule is CC1(CBr)Cn2c(nnc2-c2ccc(Br)cc2)S1. The number of nitrogens with zero attached hydrogens (tertiary/aromatic N) is 3. The molecule has 0 fully saturated rings. The van der Waals surface area contributed by atoms with Crippen molar-refractivity contribution in [2.45, 2.75) is 23.4 Å². The molecular weight excluding hydrogens is 378 g/mol. The van der Waals surface area contributed by atoms with Gasteiger partial charge >= 0.3 is 0 Å². The Hall–Kier alpha value is -0.330. The molecule has 6 heteroatoms. The molecule has 1 aromatic carbocycles. The van der Waals surface area contributed by atoms with Crippen molar-refractivity contribution in [2.24, 2.45) is 0 Å². The number of rotatable bonds is 2. The van der Waals surface area contributed by atoms with Gasteiger partial charge in [-0.3, -0.25) is 0 Å². The second kappa shape index (κ2) is 4.65. The van der Waals surface area contributed by atoms with E-state index in [-0.39, 0.29) is 4.75 Å². The van der Waals surface area contributed by atoms with E-state index in [0.29, 0.717) is 0 Å². The number of hydrogen-bond acceptors (Lipinski definition) is 3. The highest BCUT2D eigenvalue weighted by Crippen LogP contribution is 2.43. The van der Waals surface area contributed by atoms with Crippen LogP contribution in [0.2, 0.25) is 0 Å². The van der Waals surface area contributed by atoms with Gasteiger partial charge in [-0.1, -0.05) is 55.8 Å². The van der Waals surface area contributed by atoms with E-state index in [4.69, 9.17) is 0 Å². The molecule has 1 unspecified atom stereocenters. The summed E-state index contributed by atoms with van der Waals surface area (Å²) in [5.41, 5.74) is 1.11. The maximum atomic E-state index is 4.30. The van der Waals surface area contributed by atoms with Crippen LogP contribution in [0.25, 0.3) is 11.4 Å². The lowest BCUT2D eigenvalue weighted by Gasteiger charge is -2.17. The number of halogens is 2. The lowest BCUT2D eigenvalue weighted by Crippen LogP contribution is -2.23. The molecule has 0 amide bonds. The van der Waals surface area contributed by atoms with Crippen LogP contribution in [-0.4, -0.2) is 24.8 Å². The van der Waals surface area contributed by atoms with E-state index < -0.39 is 0 Å². The molecule has 1 aliphatic heterocycles. The zero-order chi connectivity index (χ0) is 12.8. The summed E-state index contributed by atoms with van der Waals surface area (Å²) in [6.07, 6.45) is 0. The summed E-state index contributed by atoms with van der Waals surface area (Å²) in [6.45, 7) is 3.18. The van der Waals surface area contributed by atoms with E-state index in [2.05, 4.69) is 65.7 Å². The van der Waals surface area contributed by atoms with Gasteiger partial charge < -0.3 is 4.57 Å². The maximum Gasteiger partial charge on any atom is 0.192 e. The first-order valence-corrected chi connectivity index (χ1v) is 8.28. The van der Waals surface area contributed by atoms with Crippen molar-refractivity contribution < 1.29 is 0 Å². The topological polar surface area (TPSA) is 30.7 Å². The highest BCUT2D eigenvalue weighted by molar-refractivity contribution is 9.10. The van der Waals surface area contributed by atoms with E-state index >= 15 is 0 Å². The van der Waals surface area contributed by atoms with Crippen molar-refractivity contribution in [2.75, 3.05) is 5.33 Å². The van der Waals surface area contributed by atoms with Crippen molar-refractivity contribution >= 4 is 43.6 Å². The predicted molar refractivity (Wildman–Crippen MR) is 81.2 cm³/mol. The molecule has 0 bridgehead atoms. The monoisotopic (exact) mass is 387 g/mol. The van der Waals surface area contributed by atoms with Gasteiger partial charge in [-0.2, -0.15) is 0 Å². The second-order valence-corrected chi connectivity index (χ2v) is 7.62. The van der Waals surface area contributed by atoms with Gasteiger partial charge in [-0.25, -0.2) is 0 Å². The molecule has 18 heavy (non-hydrogen) atoms. The minimum Gasteiger partial charge on any atom is -0.301 e. The van der Waals surface area contributed by atoms with Crippen LogP contribution in [0.1, 0.15) is 6.92 Å². The maximum absolute atomic E-state index is 4.30. The smallest absolute Gasteiger partial charge is 0.192 e. The third-order valence-corrected chi connectivity index (χ3v) is 6.32. The quantitative estimate of drug-likeness (QED) is 0.729. The summed E-state index contributed by atoms with van der Waals surface area (Å²) < 4.78 is 3.46. The number of alkyl halides is 1. The molecule has 2 heterocycles. The molecule has 2 aromatic rings. The van der Waals surface area contributed by atoms with E-state index in [1.807, 2.05) is 12.1 Å². The normalized spacial score (nSPS) is 22.2. The number of benzene rings is 1. The fraction of sp³-hybridized carbons (Fsp3) is 0.333. The molecule has 0 saturated heterocycles. The fourth-order valence-electron chi connectivity index (χ4n) is 1.98. The molecule has 0 spiro atoms. The molecule has 1 aliphatic rings. The molecule has 0 radical (unpaired) electrons. The minimum absolute atomic E-state index is 0.176. The van der Waals surface area contributed by atoms with Crippen LogP contribution < -0.4 is 0 Å². The number of thioether (sulfide) groups is 1. The van der Waals surface area contributed by atoms with E-state index in [0.717, 1.165) is 32.9 Å². The highest BCUT2D eigenvalue weighted by Gasteiger charge is 2.36. The molecule has 0 N–H and O–H groups in total. The Kier molecular flexibility index (Phi) is 3.28. The Labute approximate surface area is 127 Å². The van der Waals surface area contributed by atoms with Crippen molar-refractivity contribution in [1.82, 2.24) is 14.8 Å². The summed E-state index contributed by atoms with van der Waals surface area (Å²) in [7, 11) is 0. The fourth-order valence-corrected chi connectivity index (χ4v) is 3.79. The summed E-state index contributed by atoms with van der Waals surface area (Å²) in [6, 6.07) is 8.19. The zero-order valence-corrected chi connectivity index (χ0v) is 13.7. The zero-order valence-electron chi connectivity index (χ0n) is 9.73. The first-order valence-electron chi connectivity index (χ1n) is 5.55. The average molecular weight is 389 g/mol. The van der Waals surface area contributed by atoms with Crippen LogP contribution in [0.4, 0.5) is 0 Å². The van der Waals surface area contributed by atoms with E-state index in [1.54, 1.807) is 11.8 Å². The van der Waals surface area contributed by atoms with Gasteiger partial charge in [0, 0.05) is 26.7 Å².